The van der Waals surface area contributed by atoms with E-state index >= 15 is 0 Å². The molecule has 0 saturated carbocycles. The fourth-order valence-electron chi connectivity index (χ4n) is 5.70. The Hall–Kier alpha value is -3.79. The van der Waals surface area contributed by atoms with Crippen LogP contribution in [-0.4, -0.2) is 87.0 Å². The Labute approximate surface area is 307 Å². The Morgan fingerprint density at radius 3 is 1.54 bits per heavy atom. The predicted molar refractivity (Wildman–Crippen MR) is 166 cm³/mol. The Bertz CT molecular complexity index is 1690. The van der Waals surface area contributed by atoms with Crippen LogP contribution in [0.2, 0.25) is 25.2 Å². The lowest BCUT2D eigenvalue weighted by atomic mass is 9.88. The first-order chi connectivity index (χ1) is 25.2. The third-order valence-electron chi connectivity index (χ3n) is 9.19. The van der Waals surface area contributed by atoms with Crippen molar-refractivity contribution in [1.82, 2.24) is 5.32 Å². The van der Waals surface area contributed by atoms with Gasteiger partial charge in [0.1, 0.15) is 12.6 Å². The smallest absolute Gasteiger partial charge is 0.460 e. The molecule has 316 valence electrons. The lowest BCUT2D eigenvalue weighted by Gasteiger charge is -2.42. The van der Waals surface area contributed by atoms with E-state index in [0.29, 0.717) is 0 Å². The van der Waals surface area contributed by atoms with Crippen molar-refractivity contribution in [1.29, 1.82) is 0 Å². The van der Waals surface area contributed by atoms with Gasteiger partial charge >= 0.3 is 59.7 Å². The third-order valence-corrected chi connectivity index (χ3v) is 12.5. The van der Waals surface area contributed by atoms with Crippen molar-refractivity contribution in [2.45, 2.75) is 105 Å². The Balaban J connectivity index is 1.53. The molecule has 1 aliphatic carbocycles. The molecule has 0 aromatic heterocycles. The van der Waals surface area contributed by atoms with Gasteiger partial charge in [0.05, 0.1) is 14.7 Å². The SMILES string of the molecule is C[C@H](NC(=O)OCC1c2ccccc2-c2ccccc21)C(=O)OCC[Si](C)(C)CCCC(F)(F)C(F)(F)C(F)(F)C(F)(F)C(F)(F)C(F)(F)C(F)(F)C(F)(F)F. The average molecular weight is 858 g/mol. The molecule has 1 amide bonds. The number of benzene rings is 2. The minimum atomic E-state index is -8.67. The Morgan fingerprint density at radius 2 is 1.07 bits per heavy atom. The topological polar surface area (TPSA) is 64.6 Å². The molecule has 0 bridgehead atoms. The number of alkyl carbamates (subject to hydrolysis) is 1. The van der Waals surface area contributed by atoms with Crippen molar-refractivity contribution in [3.05, 3.63) is 59.7 Å². The monoisotopic (exact) mass is 857 g/mol. The molecule has 3 rings (SSSR count). The number of carbonyl (C=O) groups excluding carboxylic acids is 2. The molecule has 0 aliphatic heterocycles. The largest absolute Gasteiger partial charge is 0.464 e. The van der Waals surface area contributed by atoms with Gasteiger partial charge < -0.3 is 14.8 Å². The molecule has 0 saturated heterocycles. The predicted octanol–water partition coefficient (Wildman–Crippen LogP) is 11.0. The van der Waals surface area contributed by atoms with Crippen LogP contribution in [0.25, 0.3) is 11.1 Å². The molecule has 0 fully saturated rings. The number of halogens is 17. The van der Waals surface area contributed by atoms with E-state index in [4.69, 9.17) is 9.47 Å². The van der Waals surface area contributed by atoms with E-state index in [0.717, 1.165) is 22.3 Å². The molecular formula is C33H32F17NO4Si. The van der Waals surface area contributed by atoms with Gasteiger partial charge in [-0.15, -0.1) is 0 Å². The van der Waals surface area contributed by atoms with Crippen molar-refractivity contribution >= 4 is 20.1 Å². The highest BCUT2D eigenvalue weighted by Crippen LogP contribution is 2.64. The molecule has 2 aromatic carbocycles. The number of hydrogen-bond acceptors (Lipinski definition) is 4. The van der Waals surface area contributed by atoms with Crippen molar-refractivity contribution in [2.24, 2.45) is 0 Å². The van der Waals surface area contributed by atoms with Crippen LogP contribution >= 0.6 is 0 Å². The summed E-state index contributed by atoms with van der Waals surface area (Å²) < 4.78 is 240. The number of fused-ring (bicyclic) bond motifs is 3. The first kappa shape index (κ1) is 46.6. The second-order valence-electron chi connectivity index (χ2n) is 13.8. The Kier molecular flexibility index (Phi) is 12.9. The Morgan fingerprint density at radius 1 is 0.643 bits per heavy atom. The van der Waals surface area contributed by atoms with Crippen LogP contribution in [0.5, 0.6) is 0 Å². The molecule has 1 aliphatic rings. The van der Waals surface area contributed by atoms with Crippen LogP contribution in [0.15, 0.2) is 48.5 Å². The lowest BCUT2D eigenvalue weighted by Crippen LogP contribution is -2.74. The van der Waals surface area contributed by atoms with Crippen LogP contribution in [0.3, 0.4) is 0 Å². The number of alkyl halides is 17. The van der Waals surface area contributed by atoms with Crippen LogP contribution < -0.4 is 5.32 Å². The zero-order valence-electron chi connectivity index (χ0n) is 29.1. The second-order valence-corrected chi connectivity index (χ2v) is 19.1. The van der Waals surface area contributed by atoms with Gasteiger partial charge in [0, 0.05) is 12.3 Å². The van der Waals surface area contributed by atoms with Crippen LogP contribution in [0.1, 0.15) is 36.8 Å². The molecule has 1 atom stereocenters. The van der Waals surface area contributed by atoms with Crippen LogP contribution in [-0.2, 0) is 14.3 Å². The van der Waals surface area contributed by atoms with Gasteiger partial charge in [0.15, 0.2) is 0 Å². The van der Waals surface area contributed by atoms with E-state index in [1.165, 1.54) is 20.0 Å². The highest BCUT2D eigenvalue weighted by atomic mass is 28.3. The molecular weight excluding hydrogens is 825 g/mol. The summed E-state index contributed by atoms with van der Waals surface area (Å²) >= 11 is 0. The number of carbonyl (C=O) groups is 2. The van der Waals surface area contributed by atoms with Gasteiger partial charge in [0.2, 0.25) is 0 Å². The highest BCUT2D eigenvalue weighted by Gasteiger charge is 2.95. The maximum atomic E-state index is 14.3. The summed E-state index contributed by atoms with van der Waals surface area (Å²) in [7, 11) is -2.97. The zero-order chi connectivity index (χ0) is 43.1. The van der Waals surface area contributed by atoms with Gasteiger partial charge in [-0.1, -0.05) is 67.7 Å². The van der Waals surface area contributed by atoms with E-state index in [1.807, 2.05) is 48.5 Å². The van der Waals surface area contributed by atoms with Gasteiger partial charge in [-0.25, -0.2) is 9.59 Å². The quantitative estimate of drug-likeness (QED) is 0.0978. The van der Waals surface area contributed by atoms with Crippen LogP contribution in [0, 0.1) is 0 Å². The van der Waals surface area contributed by atoms with Crippen molar-refractivity contribution < 1.29 is 93.7 Å². The molecule has 56 heavy (non-hydrogen) atoms. The van der Waals surface area contributed by atoms with Gasteiger partial charge in [-0.2, -0.15) is 74.6 Å². The van der Waals surface area contributed by atoms with Gasteiger partial charge in [-0.05, 0) is 41.6 Å². The number of hydrogen-bond donors (Lipinski definition) is 1. The summed E-state index contributed by atoms with van der Waals surface area (Å²) in [6.07, 6.45) is -12.6. The summed E-state index contributed by atoms with van der Waals surface area (Å²) in [6.45, 7) is 3.36. The summed E-state index contributed by atoms with van der Waals surface area (Å²) in [4.78, 5) is 24.9. The average Bonchev–Trinajstić information content (AvgIpc) is 3.39. The number of esters is 1. The van der Waals surface area contributed by atoms with E-state index in [-0.39, 0.29) is 18.6 Å². The van der Waals surface area contributed by atoms with E-state index in [1.54, 1.807) is 0 Å². The number of nitrogens with one attached hydrogen (secondary N) is 1. The van der Waals surface area contributed by atoms with Gasteiger partial charge in [-0.3, -0.25) is 0 Å². The van der Waals surface area contributed by atoms with Crippen molar-refractivity contribution in [3.63, 3.8) is 0 Å². The number of amides is 1. The minimum Gasteiger partial charge on any atom is -0.464 e. The lowest BCUT2D eigenvalue weighted by molar-refractivity contribution is -0.461. The van der Waals surface area contributed by atoms with E-state index < -0.39 is 99.3 Å². The first-order valence-corrected chi connectivity index (χ1v) is 19.6. The fraction of sp³-hybridized carbons (Fsp3) is 0.576. The zero-order valence-corrected chi connectivity index (χ0v) is 30.1. The normalized spacial score (nSPS) is 15.6. The summed E-state index contributed by atoms with van der Waals surface area (Å²) in [5.41, 5.74) is 3.72. The highest BCUT2D eigenvalue weighted by molar-refractivity contribution is 6.77. The molecule has 23 heteroatoms. The van der Waals surface area contributed by atoms with Crippen LogP contribution in [0.4, 0.5) is 79.4 Å². The molecule has 0 spiro atoms. The minimum absolute atomic E-state index is 0.101. The number of ether oxygens (including phenoxy) is 2. The molecule has 1 N–H and O–H groups in total. The maximum absolute atomic E-state index is 14.3. The molecule has 2 aromatic rings. The summed E-state index contributed by atoms with van der Waals surface area (Å²) in [5, 5.41) is 2.25. The first-order valence-electron chi connectivity index (χ1n) is 16.2. The molecule has 0 heterocycles. The van der Waals surface area contributed by atoms with Gasteiger partial charge in [0.25, 0.3) is 0 Å². The van der Waals surface area contributed by atoms with Crippen molar-refractivity contribution in [2.75, 3.05) is 13.2 Å². The fourth-order valence-corrected chi connectivity index (χ4v) is 7.73. The van der Waals surface area contributed by atoms with Crippen molar-refractivity contribution in [3.8, 4) is 11.1 Å². The standard InChI is InChI=1S/C33H32F17NO4Si/c1-18(51-25(53)55-17-23-21-11-6-4-9-19(21)20-10-5-7-12-22(20)23)24(52)54-14-16-56(2,3)15-8-13-26(34,35)27(36,37)28(38,39)29(40,41)30(42,43)31(44,45)32(46,47)33(48,49)50/h4-7,9-12,18,23H,8,13-17H2,1-3H3,(H,51,53)/t18-/m0/s1. The third kappa shape index (κ3) is 8.27. The molecule has 0 radical (unpaired) electrons. The number of rotatable bonds is 17. The summed E-state index contributed by atoms with van der Waals surface area (Å²) in [6, 6.07) is 12.8. The van der Waals surface area contributed by atoms with E-state index in [2.05, 4.69) is 5.32 Å². The van der Waals surface area contributed by atoms with E-state index in [9.17, 15) is 84.2 Å². The molecule has 5 nitrogen and oxygen atoms in total. The second kappa shape index (κ2) is 15.5. The maximum Gasteiger partial charge on any atom is 0.460 e. The summed E-state index contributed by atoms with van der Waals surface area (Å²) in [5.74, 6) is -57.9. The molecule has 0 unspecified atom stereocenters.